The minimum Gasteiger partial charge on any atom is -0.427 e. The number of benzene rings is 2. The summed E-state index contributed by atoms with van der Waals surface area (Å²) in [5.74, 6) is 0.377. The van der Waals surface area contributed by atoms with Crippen molar-refractivity contribution in [1.82, 2.24) is 0 Å². The van der Waals surface area contributed by atoms with Gasteiger partial charge in [0, 0.05) is 23.6 Å². The Kier molecular flexibility index (Phi) is 5.00. The highest BCUT2D eigenvalue weighted by Crippen LogP contribution is 2.30. The van der Waals surface area contributed by atoms with Gasteiger partial charge in [-0.15, -0.1) is 0 Å². The van der Waals surface area contributed by atoms with E-state index >= 15 is 0 Å². The van der Waals surface area contributed by atoms with Crippen LogP contribution in [0.4, 0.5) is 0 Å². The van der Waals surface area contributed by atoms with Gasteiger partial charge in [0.25, 0.3) is 0 Å². The molecule has 0 fully saturated rings. The van der Waals surface area contributed by atoms with Crippen molar-refractivity contribution in [1.29, 1.82) is 0 Å². The van der Waals surface area contributed by atoms with Crippen molar-refractivity contribution in [3.05, 3.63) is 48.5 Å². The molecule has 0 saturated heterocycles. The molecular formula is C16H14O4S. The number of rotatable bonds is 4. The first-order chi connectivity index (χ1) is 10.0. The Hall–Kier alpha value is -2.27. The van der Waals surface area contributed by atoms with Crippen LogP contribution in [-0.4, -0.2) is 11.9 Å². The monoisotopic (exact) mass is 302 g/mol. The number of carbonyl (C=O) groups excluding carboxylic acids is 2. The fourth-order valence-corrected chi connectivity index (χ4v) is 2.44. The van der Waals surface area contributed by atoms with Gasteiger partial charge < -0.3 is 9.47 Å². The second-order valence-corrected chi connectivity index (χ2v) is 5.38. The fraction of sp³-hybridized carbons (Fsp3) is 0.125. The van der Waals surface area contributed by atoms with Gasteiger partial charge in [-0.25, -0.2) is 0 Å². The Morgan fingerprint density at radius 3 is 1.33 bits per heavy atom. The molecule has 0 heterocycles. The third-order valence-electron chi connectivity index (χ3n) is 2.41. The Balaban J connectivity index is 2.01. The number of hydrogen-bond donors (Lipinski definition) is 0. The molecular weight excluding hydrogens is 288 g/mol. The quantitative estimate of drug-likeness (QED) is 0.637. The van der Waals surface area contributed by atoms with Crippen LogP contribution < -0.4 is 9.47 Å². The molecule has 5 heteroatoms. The first-order valence-corrected chi connectivity index (χ1v) is 7.09. The summed E-state index contributed by atoms with van der Waals surface area (Å²) in [6.07, 6.45) is 0. The Labute approximate surface area is 127 Å². The van der Waals surface area contributed by atoms with Crippen LogP contribution in [0.1, 0.15) is 13.8 Å². The molecule has 2 aromatic rings. The van der Waals surface area contributed by atoms with Crippen molar-refractivity contribution in [3.8, 4) is 11.5 Å². The minimum atomic E-state index is -0.337. The summed E-state index contributed by atoms with van der Waals surface area (Å²) in [5, 5.41) is 0. The van der Waals surface area contributed by atoms with Crippen LogP contribution in [0, 0.1) is 0 Å². The summed E-state index contributed by atoms with van der Waals surface area (Å²) in [6, 6.07) is 14.5. The first kappa shape index (κ1) is 15.1. The van der Waals surface area contributed by atoms with E-state index in [0.29, 0.717) is 11.5 Å². The molecule has 108 valence electrons. The molecule has 0 N–H and O–H groups in total. The molecule has 0 unspecified atom stereocenters. The summed E-state index contributed by atoms with van der Waals surface area (Å²) in [4.78, 5) is 23.7. The molecule has 0 aliphatic carbocycles. The lowest BCUT2D eigenvalue weighted by Gasteiger charge is -2.05. The predicted octanol–water partition coefficient (Wildman–Crippen LogP) is 3.69. The van der Waals surface area contributed by atoms with Crippen LogP contribution in [0.2, 0.25) is 0 Å². The molecule has 21 heavy (non-hydrogen) atoms. The van der Waals surface area contributed by atoms with Gasteiger partial charge in [-0.3, -0.25) is 9.59 Å². The maximum Gasteiger partial charge on any atom is 0.308 e. The van der Waals surface area contributed by atoms with Crippen molar-refractivity contribution >= 4 is 23.7 Å². The molecule has 4 nitrogen and oxygen atoms in total. The van der Waals surface area contributed by atoms with E-state index in [1.54, 1.807) is 36.0 Å². The lowest BCUT2D eigenvalue weighted by molar-refractivity contribution is -0.132. The van der Waals surface area contributed by atoms with E-state index < -0.39 is 0 Å². The van der Waals surface area contributed by atoms with Crippen molar-refractivity contribution in [3.63, 3.8) is 0 Å². The highest BCUT2D eigenvalue weighted by molar-refractivity contribution is 7.99. The summed E-state index contributed by atoms with van der Waals surface area (Å²) in [5.41, 5.74) is 0. The molecule has 0 atom stereocenters. The van der Waals surface area contributed by atoms with E-state index in [4.69, 9.17) is 9.47 Å². The minimum absolute atomic E-state index is 0.337. The van der Waals surface area contributed by atoms with Crippen LogP contribution in [0.5, 0.6) is 11.5 Å². The van der Waals surface area contributed by atoms with E-state index in [0.717, 1.165) is 9.79 Å². The average molecular weight is 302 g/mol. The topological polar surface area (TPSA) is 52.6 Å². The average Bonchev–Trinajstić information content (AvgIpc) is 2.42. The van der Waals surface area contributed by atoms with E-state index in [1.807, 2.05) is 24.3 Å². The second-order valence-electron chi connectivity index (χ2n) is 4.23. The molecule has 2 rings (SSSR count). The van der Waals surface area contributed by atoms with Gasteiger partial charge in [0.05, 0.1) is 0 Å². The Bertz CT molecular complexity index is 575. The third kappa shape index (κ3) is 4.96. The zero-order valence-corrected chi connectivity index (χ0v) is 12.5. The van der Waals surface area contributed by atoms with Gasteiger partial charge in [0.1, 0.15) is 11.5 Å². The van der Waals surface area contributed by atoms with Crippen molar-refractivity contribution in [2.45, 2.75) is 23.6 Å². The van der Waals surface area contributed by atoms with Gasteiger partial charge >= 0.3 is 11.9 Å². The molecule has 0 aromatic heterocycles. The normalized spacial score (nSPS) is 10.0. The van der Waals surface area contributed by atoms with Gasteiger partial charge in [0.15, 0.2) is 0 Å². The first-order valence-electron chi connectivity index (χ1n) is 6.28. The predicted molar refractivity (Wildman–Crippen MR) is 79.6 cm³/mol. The second kappa shape index (κ2) is 6.95. The number of esters is 2. The van der Waals surface area contributed by atoms with E-state index in [1.165, 1.54) is 13.8 Å². The Morgan fingerprint density at radius 2 is 1.05 bits per heavy atom. The van der Waals surface area contributed by atoms with Gasteiger partial charge in [0.2, 0.25) is 0 Å². The smallest absolute Gasteiger partial charge is 0.308 e. The molecule has 0 saturated carbocycles. The van der Waals surface area contributed by atoms with Gasteiger partial charge in [-0.05, 0) is 48.5 Å². The van der Waals surface area contributed by atoms with Crippen LogP contribution in [0.15, 0.2) is 58.3 Å². The summed E-state index contributed by atoms with van der Waals surface area (Å²) in [7, 11) is 0. The molecule has 0 amide bonds. The SMILES string of the molecule is CC(=O)Oc1ccc(Sc2ccc(OC(C)=O)cc2)cc1. The van der Waals surface area contributed by atoms with E-state index in [2.05, 4.69) is 0 Å². The molecule has 2 aromatic carbocycles. The molecule has 0 aliphatic heterocycles. The van der Waals surface area contributed by atoms with Crippen LogP contribution >= 0.6 is 11.8 Å². The van der Waals surface area contributed by atoms with Crippen molar-refractivity contribution < 1.29 is 19.1 Å². The van der Waals surface area contributed by atoms with Crippen LogP contribution in [0.25, 0.3) is 0 Å². The van der Waals surface area contributed by atoms with Gasteiger partial charge in [-0.2, -0.15) is 0 Å². The lowest BCUT2D eigenvalue weighted by atomic mass is 10.3. The molecule has 0 aliphatic rings. The Morgan fingerprint density at radius 1 is 0.714 bits per heavy atom. The standard InChI is InChI=1S/C16H14O4S/c1-11(17)19-13-3-7-15(8-4-13)21-16-9-5-14(6-10-16)20-12(2)18/h3-10H,1-2H3. The van der Waals surface area contributed by atoms with Gasteiger partial charge in [-0.1, -0.05) is 11.8 Å². The fourth-order valence-electron chi connectivity index (χ4n) is 1.62. The number of hydrogen-bond acceptors (Lipinski definition) is 5. The lowest BCUT2D eigenvalue weighted by Crippen LogP contribution is -2.00. The molecule has 0 spiro atoms. The summed E-state index contributed by atoms with van der Waals surface area (Å²) >= 11 is 1.56. The van der Waals surface area contributed by atoms with Crippen LogP contribution in [0.3, 0.4) is 0 Å². The maximum atomic E-state index is 10.8. The van der Waals surface area contributed by atoms with Crippen LogP contribution in [-0.2, 0) is 9.59 Å². The summed E-state index contributed by atoms with van der Waals surface area (Å²) < 4.78 is 9.95. The largest absolute Gasteiger partial charge is 0.427 e. The highest BCUT2D eigenvalue weighted by atomic mass is 32.2. The van der Waals surface area contributed by atoms with E-state index in [-0.39, 0.29) is 11.9 Å². The van der Waals surface area contributed by atoms with Crippen molar-refractivity contribution in [2.75, 3.05) is 0 Å². The molecule has 0 radical (unpaired) electrons. The van der Waals surface area contributed by atoms with Crippen molar-refractivity contribution in [2.24, 2.45) is 0 Å². The zero-order chi connectivity index (χ0) is 15.2. The zero-order valence-electron chi connectivity index (χ0n) is 11.7. The number of carbonyl (C=O) groups is 2. The summed E-state index contributed by atoms with van der Waals surface area (Å²) in [6.45, 7) is 2.74. The third-order valence-corrected chi connectivity index (χ3v) is 3.42. The molecule has 0 bridgehead atoms. The maximum absolute atomic E-state index is 10.8. The highest BCUT2D eigenvalue weighted by Gasteiger charge is 2.02. The number of ether oxygens (including phenoxy) is 2. The van der Waals surface area contributed by atoms with E-state index in [9.17, 15) is 9.59 Å².